The fraction of sp³-hybridized carbons (Fsp3) is 0.387. The number of carboxylic acids is 1. The van der Waals surface area contributed by atoms with Crippen LogP contribution in [0.4, 0.5) is 5.69 Å². The first-order valence-electron chi connectivity index (χ1n) is 14.1. The zero-order chi connectivity index (χ0) is 30.0. The normalized spacial score (nSPS) is 12.5. The van der Waals surface area contributed by atoms with E-state index in [4.69, 9.17) is 16.7 Å². The lowest BCUT2D eigenvalue weighted by Crippen LogP contribution is -2.44. The number of aryl methyl sites for hydroxylation is 2. The van der Waals surface area contributed by atoms with Crippen molar-refractivity contribution in [2.75, 3.05) is 37.6 Å². The molecular weight excluding hydrogens is 572 g/mol. The van der Waals surface area contributed by atoms with Crippen LogP contribution in [0, 0.1) is 0 Å². The third-order valence-electron chi connectivity index (χ3n) is 6.08. The monoisotopic (exact) mass is 616 g/mol. The lowest BCUT2D eigenvalue weighted by atomic mass is 10.0. The number of halogens is 1. The van der Waals surface area contributed by atoms with E-state index in [0.29, 0.717) is 17.3 Å². The van der Waals surface area contributed by atoms with E-state index < -0.39 is 5.97 Å². The Kier molecular flexibility index (Phi) is 18.2. The molecule has 0 bridgehead atoms. The molecule has 0 spiro atoms. The van der Waals surface area contributed by atoms with Gasteiger partial charge in [0.15, 0.2) is 0 Å². The predicted octanol–water partition coefficient (Wildman–Crippen LogP) is 6.02. The molecule has 1 fully saturated rings. The fourth-order valence-electron chi connectivity index (χ4n) is 4.01. The Hall–Kier alpha value is -3.15. The first-order valence-corrected chi connectivity index (χ1v) is 15.3. The summed E-state index contributed by atoms with van der Waals surface area (Å²) in [6, 6.07) is 19.8. The van der Waals surface area contributed by atoms with E-state index in [2.05, 4.69) is 48.5 Å². The molecule has 2 aromatic carbocycles. The molecular formula is C31H45ClN6O3S. The first kappa shape index (κ1) is 36.9. The van der Waals surface area contributed by atoms with Crippen LogP contribution in [0.25, 0.3) is 0 Å². The van der Waals surface area contributed by atoms with Crippen molar-refractivity contribution < 1.29 is 14.7 Å². The van der Waals surface area contributed by atoms with Gasteiger partial charge in [-0.25, -0.2) is 9.03 Å². The highest BCUT2D eigenvalue weighted by molar-refractivity contribution is 7.95. The number of hydrogen-bond donors (Lipinski definition) is 4. The van der Waals surface area contributed by atoms with Crippen LogP contribution < -0.4 is 21.1 Å². The number of carboxylic acid groups (broad SMARTS) is 1. The quantitative estimate of drug-likeness (QED) is 0.191. The maximum Gasteiger partial charge on any atom is 0.318 e. The van der Waals surface area contributed by atoms with Gasteiger partial charge in [-0.2, -0.15) is 0 Å². The molecule has 3 aromatic rings. The zero-order valence-electron chi connectivity index (χ0n) is 25.1. The van der Waals surface area contributed by atoms with Crippen molar-refractivity contribution in [2.24, 2.45) is 0 Å². The summed E-state index contributed by atoms with van der Waals surface area (Å²) in [6.45, 7) is 11.9. The summed E-state index contributed by atoms with van der Waals surface area (Å²) < 4.78 is 5.01. The SMILES string of the molecule is CC.CC.N.O=C(O)CNSN1CCN(c2ccc(CCc3ccnc(C(=O)NCc4ccc(Cl)cc4)c3)cc2)CC1. The molecule has 4 rings (SSSR count). The van der Waals surface area contributed by atoms with Gasteiger partial charge in [-0.1, -0.05) is 63.6 Å². The van der Waals surface area contributed by atoms with E-state index in [0.717, 1.165) is 50.1 Å². The van der Waals surface area contributed by atoms with E-state index in [1.54, 1.807) is 18.3 Å². The highest BCUT2D eigenvalue weighted by atomic mass is 35.5. The number of aliphatic carboxylic acids is 1. The lowest BCUT2D eigenvalue weighted by Gasteiger charge is -2.35. The van der Waals surface area contributed by atoms with Crippen LogP contribution in [0.5, 0.6) is 0 Å². The number of aromatic nitrogens is 1. The van der Waals surface area contributed by atoms with Gasteiger partial charge >= 0.3 is 5.97 Å². The van der Waals surface area contributed by atoms with Crippen LogP contribution in [-0.2, 0) is 24.2 Å². The molecule has 1 aromatic heterocycles. The Morgan fingerprint density at radius 1 is 0.881 bits per heavy atom. The van der Waals surface area contributed by atoms with Crippen molar-refractivity contribution >= 4 is 41.3 Å². The molecule has 0 radical (unpaired) electrons. The van der Waals surface area contributed by atoms with Crippen LogP contribution in [-0.4, -0.2) is 59.0 Å². The topological polar surface area (TPSA) is 133 Å². The summed E-state index contributed by atoms with van der Waals surface area (Å²) >= 11 is 7.29. The van der Waals surface area contributed by atoms with Crippen LogP contribution in [0.15, 0.2) is 66.9 Å². The molecule has 6 N–H and O–H groups in total. The third-order valence-corrected chi connectivity index (χ3v) is 7.23. The summed E-state index contributed by atoms with van der Waals surface area (Å²) in [5.74, 6) is -1.05. The Morgan fingerprint density at radius 3 is 2.10 bits per heavy atom. The average molecular weight is 617 g/mol. The van der Waals surface area contributed by atoms with Crippen LogP contribution >= 0.6 is 23.7 Å². The van der Waals surface area contributed by atoms with Crippen molar-refractivity contribution in [1.82, 2.24) is 25.5 Å². The number of pyridine rings is 1. The Bertz CT molecular complexity index is 1190. The Balaban J connectivity index is 0.00000169. The number of hydrogen-bond acceptors (Lipinski definition) is 8. The van der Waals surface area contributed by atoms with Gasteiger partial charge < -0.3 is 21.5 Å². The first-order chi connectivity index (χ1) is 20.0. The van der Waals surface area contributed by atoms with E-state index in [1.807, 2.05) is 52.0 Å². The summed E-state index contributed by atoms with van der Waals surface area (Å²) in [5.41, 5.74) is 4.89. The van der Waals surface area contributed by atoms with Crippen molar-refractivity contribution in [2.45, 2.75) is 47.1 Å². The summed E-state index contributed by atoms with van der Waals surface area (Å²) in [5, 5.41) is 12.3. The van der Waals surface area contributed by atoms with Gasteiger partial charge in [-0.15, -0.1) is 0 Å². The molecule has 11 heteroatoms. The van der Waals surface area contributed by atoms with Gasteiger partial charge in [0.25, 0.3) is 5.91 Å². The van der Waals surface area contributed by atoms with Crippen LogP contribution in [0.1, 0.15) is 54.9 Å². The summed E-state index contributed by atoms with van der Waals surface area (Å²) in [4.78, 5) is 29.8. The van der Waals surface area contributed by atoms with Crippen LogP contribution in [0.2, 0.25) is 5.02 Å². The molecule has 0 unspecified atom stereocenters. The number of piperazine rings is 1. The van der Waals surface area contributed by atoms with Crippen LogP contribution in [0.3, 0.4) is 0 Å². The highest BCUT2D eigenvalue weighted by Crippen LogP contribution is 2.20. The molecule has 0 aliphatic carbocycles. The van der Waals surface area contributed by atoms with Gasteiger partial charge in [0.05, 0.1) is 0 Å². The number of amides is 1. The fourth-order valence-corrected chi connectivity index (χ4v) is 4.86. The van der Waals surface area contributed by atoms with Crippen molar-refractivity contribution in [1.29, 1.82) is 0 Å². The maximum atomic E-state index is 12.6. The molecule has 0 atom stereocenters. The van der Waals surface area contributed by atoms with E-state index in [1.165, 1.54) is 23.4 Å². The number of anilines is 1. The van der Waals surface area contributed by atoms with E-state index in [-0.39, 0.29) is 18.6 Å². The Labute approximate surface area is 259 Å². The number of nitrogens with one attached hydrogen (secondary N) is 2. The maximum absolute atomic E-state index is 12.6. The second-order valence-electron chi connectivity index (χ2n) is 8.75. The zero-order valence-corrected chi connectivity index (χ0v) is 26.7. The highest BCUT2D eigenvalue weighted by Gasteiger charge is 2.18. The van der Waals surface area contributed by atoms with Crippen molar-refractivity contribution in [3.8, 4) is 0 Å². The molecule has 1 aliphatic rings. The van der Waals surface area contributed by atoms with E-state index in [9.17, 15) is 9.59 Å². The van der Waals surface area contributed by atoms with Crippen molar-refractivity contribution in [3.63, 3.8) is 0 Å². The number of benzene rings is 2. The number of rotatable bonds is 11. The average Bonchev–Trinajstić information content (AvgIpc) is 3.02. The number of carbonyl (C=O) groups is 2. The minimum atomic E-state index is -0.855. The predicted molar refractivity (Wildman–Crippen MR) is 175 cm³/mol. The van der Waals surface area contributed by atoms with E-state index >= 15 is 0 Å². The summed E-state index contributed by atoms with van der Waals surface area (Å²) in [6.07, 6.45) is 3.37. The molecule has 9 nitrogen and oxygen atoms in total. The Morgan fingerprint density at radius 2 is 1.48 bits per heavy atom. The molecule has 2 heterocycles. The molecule has 42 heavy (non-hydrogen) atoms. The second kappa shape index (κ2) is 20.7. The molecule has 230 valence electrons. The molecule has 1 aliphatic heterocycles. The molecule has 1 amide bonds. The second-order valence-corrected chi connectivity index (χ2v) is 10.2. The van der Waals surface area contributed by atoms with Gasteiger partial charge in [0.1, 0.15) is 12.2 Å². The molecule has 1 saturated heterocycles. The van der Waals surface area contributed by atoms with Gasteiger partial charge in [0.2, 0.25) is 0 Å². The number of carbonyl (C=O) groups excluding carboxylic acids is 1. The minimum Gasteiger partial charge on any atom is -0.480 e. The third kappa shape index (κ3) is 12.8. The van der Waals surface area contributed by atoms with Gasteiger partial charge in [0, 0.05) is 61.8 Å². The number of nitrogens with zero attached hydrogens (tertiary/aromatic N) is 3. The van der Waals surface area contributed by atoms with Gasteiger partial charge in [-0.3, -0.25) is 14.6 Å². The largest absolute Gasteiger partial charge is 0.480 e. The molecule has 0 saturated carbocycles. The van der Waals surface area contributed by atoms with Crippen molar-refractivity contribution in [3.05, 3.63) is 94.3 Å². The standard InChI is InChI=1S/C27H30ClN5O3S.2C2H6.H3N/c28-23-7-3-22(4-8-23)18-30-27(36)25-17-21(11-12-29-25)2-1-20-5-9-24(10-6-20)32-13-15-33(16-14-32)37-31-19-26(34)35;2*1-2;/h3-12,17,31H,1-2,13-16,18-19H2,(H,30,36)(H,34,35);2*1-2H3;1H3. The smallest absolute Gasteiger partial charge is 0.318 e. The summed E-state index contributed by atoms with van der Waals surface area (Å²) in [7, 11) is 0. The lowest BCUT2D eigenvalue weighted by molar-refractivity contribution is -0.135. The van der Waals surface area contributed by atoms with Gasteiger partial charge in [-0.05, 0) is 65.9 Å². The minimum absolute atomic E-state index is 0.